The number of rotatable bonds is 3. The van der Waals surface area contributed by atoms with Crippen LogP contribution in [0.3, 0.4) is 0 Å². The SMILES string of the molecule is CC(=O)NC(C)Cc1cc(C)[nH]n1. The van der Waals surface area contributed by atoms with Crippen LogP contribution >= 0.6 is 0 Å². The third kappa shape index (κ3) is 3.27. The summed E-state index contributed by atoms with van der Waals surface area (Å²) in [5, 5.41) is 9.76. The first-order valence-corrected chi connectivity index (χ1v) is 4.36. The molecule has 1 heterocycles. The zero-order valence-electron chi connectivity index (χ0n) is 8.22. The number of aryl methyl sites for hydroxylation is 1. The molecular formula is C9H15N3O. The van der Waals surface area contributed by atoms with Crippen LogP contribution in [0.4, 0.5) is 0 Å². The summed E-state index contributed by atoms with van der Waals surface area (Å²) in [6.07, 6.45) is 0.768. The van der Waals surface area contributed by atoms with Crippen molar-refractivity contribution in [3.8, 4) is 0 Å². The van der Waals surface area contributed by atoms with Gasteiger partial charge >= 0.3 is 0 Å². The molecule has 0 aliphatic heterocycles. The van der Waals surface area contributed by atoms with E-state index < -0.39 is 0 Å². The van der Waals surface area contributed by atoms with E-state index in [0.717, 1.165) is 17.8 Å². The van der Waals surface area contributed by atoms with Gasteiger partial charge in [-0.25, -0.2) is 0 Å². The van der Waals surface area contributed by atoms with E-state index in [1.165, 1.54) is 6.92 Å². The van der Waals surface area contributed by atoms with Crippen LogP contribution in [-0.2, 0) is 11.2 Å². The van der Waals surface area contributed by atoms with Crippen LogP contribution in [0.15, 0.2) is 6.07 Å². The molecule has 0 fully saturated rings. The Balaban J connectivity index is 2.44. The smallest absolute Gasteiger partial charge is 0.217 e. The highest BCUT2D eigenvalue weighted by Crippen LogP contribution is 2.01. The van der Waals surface area contributed by atoms with Gasteiger partial charge in [0.05, 0.1) is 5.69 Å². The van der Waals surface area contributed by atoms with E-state index in [9.17, 15) is 4.79 Å². The minimum absolute atomic E-state index is 0.000224. The van der Waals surface area contributed by atoms with Crippen LogP contribution in [0.5, 0.6) is 0 Å². The summed E-state index contributed by atoms with van der Waals surface area (Å²) in [7, 11) is 0. The number of aromatic nitrogens is 2. The maximum Gasteiger partial charge on any atom is 0.217 e. The van der Waals surface area contributed by atoms with Crippen LogP contribution in [-0.4, -0.2) is 22.1 Å². The molecule has 1 aromatic heterocycles. The molecule has 1 unspecified atom stereocenters. The second-order valence-electron chi connectivity index (χ2n) is 3.35. The molecule has 0 bridgehead atoms. The Morgan fingerprint density at radius 3 is 2.92 bits per heavy atom. The quantitative estimate of drug-likeness (QED) is 0.724. The molecule has 0 aromatic carbocycles. The van der Waals surface area contributed by atoms with Crippen molar-refractivity contribution in [1.82, 2.24) is 15.5 Å². The van der Waals surface area contributed by atoms with Gasteiger partial charge in [-0.2, -0.15) is 5.10 Å². The largest absolute Gasteiger partial charge is 0.353 e. The fourth-order valence-corrected chi connectivity index (χ4v) is 1.29. The lowest BCUT2D eigenvalue weighted by Crippen LogP contribution is -2.32. The lowest BCUT2D eigenvalue weighted by molar-refractivity contribution is -0.119. The lowest BCUT2D eigenvalue weighted by Gasteiger charge is -2.09. The number of amides is 1. The first-order valence-electron chi connectivity index (χ1n) is 4.36. The predicted molar refractivity (Wildman–Crippen MR) is 50.3 cm³/mol. The molecule has 4 nitrogen and oxygen atoms in total. The van der Waals surface area contributed by atoms with E-state index in [2.05, 4.69) is 15.5 Å². The van der Waals surface area contributed by atoms with Crippen molar-refractivity contribution >= 4 is 5.91 Å². The number of carbonyl (C=O) groups excluding carboxylic acids is 1. The highest BCUT2D eigenvalue weighted by atomic mass is 16.1. The number of hydrogen-bond acceptors (Lipinski definition) is 2. The van der Waals surface area contributed by atoms with E-state index in [1.807, 2.05) is 19.9 Å². The van der Waals surface area contributed by atoms with Crippen LogP contribution < -0.4 is 5.32 Å². The van der Waals surface area contributed by atoms with Gasteiger partial charge in [-0.15, -0.1) is 0 Å². The van der Waals surface area contributed by atoms with Crippen molar-refractivity contribution in [2.24, 2.45) is 0 Å². The van der Waals surface area contributed by atoms with Gasteiger partial charge in [-0.1, -0.05) is 0 Å². The minimum atomic E-state index is -0.000224. The van der Waals surface area contributed by atoms with Gasteiger partial charge in [-0.3, -0.25) is 9.89 Å². The van der Waals surface area contributed by atoms with Crippen LogP contribution in [0.25, 0.3) is 0 Å². The van der Waals surface area contributed by atoms with Gasteiger partial charge in [0.1, 0.15) is 0 Å². The number of carbonyl (C=O) groups is 1. The lowest BCUT2D eigenvalue weighted by atomic mass is 10.2. The van der Waals surface area contributed by atoms with E-state index in [4.69, 9.17) is 0 Å². The van der Waals surface area contributed by atoms with Crippen molar-refractivity contribution < 1.29 is 4.79 Å². The number of aromatic amines is 1. The summed E-state index contributed by atoms with van der Waals surface area (Å²) >= 11 is 0. The molecule has 1 aromatic rings. The molecule has 2 N–H and O–H groups in total. The summed E-state index contributed by atoms with van der Waals surface area (Å²) in [6, 6.07) is 2.12. The minimum Gasteiger partial charge on any atom is -0.353 e. The van der Waals surface area contributed by atoms with Gasteiger partial charge < -0.3 is 5.32 Å². The third-order valence-electron chi connectivity index (χ3n) is 1.72. The first kappa shape index (κ1) is 9.77. The molecule has 13 heavy (non-hydrogen) atoms. The average molecular weight is 181 g/mol. The Labute approximate surface area is 77.7 Å². The number of hydrogen-bond donors (Lipinski definition) is 2. The van der Waals surface area contributed by atoms with E-state index in [1.54, 1.807) is 0 Å². The molecule has 0 radical (unpaired) electrons. The van der Waals surface area contributed by atoms with E-state index >= 15 is 0 Å². The maximum absolute atomic E-state index is 10.7. The van der Waals surface area contributed by atoms with Gasteiger partial charge in [0.2, 0.25) is 5.91 Å². The molecule has 0 spiro atoms. The molecular weight excluding hydrogens is 166 g/mol. The zero-order valence-corrected chi connectivity index (χ0v) is 8.22. The number of H-pyrrole nitrogens is 1. The van der Waals surface area contributed by atoms with Crippen molar-refractivity contribution in [3.05, 3.63) is 17.5 Å². The molecule has 1 atom stereocenters. The molecule has 0 saturated heterocycles. The topological polar surface area (TPSA) is 57.8 Å². The zero-order chi connectivity index (χ0) is 9.84. The van der Waals surface area contributed by atoms with Gasteiger partial charge in [0.25, 0.3) is 0 Å². The first-order chi connectivity index (χ1) is 6.08. The van der Waals surface area contributed by atoms with Gasteiger partial charge in [0.15, 0.2) is 0 Å². The Morgan fingerprint density at radius 2 is 2.46 bits per heavy atom. The number of nitrogens with one attached hydrogen (secondary N) is 2. The van der Waals surface area contributed by atoms with Crippen molar-refractivity contribution in [3.63, 3.8) is 0 Å². The summed E-state index contributed by atoms with van der Waals surface area (Å²) in [6.45, 7) is 5.44. The molecule has 1 amide bonds. The average Bonchev–Trinajstić information content (AvgIpc) is 2.33. The Kier molecular flexibility index (Phi) is 3.06. The van der Waals surface area contributed by atoms with Crippen molar-refractivity contribution in [1.29, 1.82) is 0 Å². The van der Waals surface area contributed by atoms with Crippen molar-refractivity contribution in [2.45, 2.75) is 33.2 Å². The molecule has 1 rings (SSSR count). The Hall–Kier alpha value is -1.32. The second kappa shape index (κ2) is 4.07. The molecule has 0 aliphatic rings. The van der Waals surface area contributed by atoms with Crippen LogP contribution in [0.2, 0.25) is 0 Å². The Morgan fingerprint density at radius 1 is 1.77 bits per heavy atom. The Bertz CT molecular complexity index is 293. The van der Waals surface area contributed by atoms with Crippen LogP contribution in [0.1, 0.15) is 25.2 Å². The summed E-state index contributed by atoms with van der Waals surface area (Å²) in [4.78, 5) is 10.7. The predicted octanol–water partition coefficient (Wildman–Crippen LogP) is 0.785. The molecule has 0 aliphatic carbocycles. The third-order valence-corrected chi connectivity index (χ3v) is 1.72. The van der Waals surface area contributed by atoms with Gasteiger partial charge in [0, 0.05) is 25.1 Å². The highest BCUT2D eigenvalue weighted by molar-refractivity contribution is 5.73. The molecule has 72 valence electrons. The standard InChI is InChI=1S/C9H15N3O/c1-6(10-8(3)13)4-9-5-7(2)11-12-9/h5-6H,4H2,1-3H3,(H,10,13)(H,11,12). The fourth-order valence-electron chi connectivity index (χ4n) is 1.29. The second-order valence-corrected chi connectivity index (χ2v) is 3.35. The molecule has 0 saturated carbocycles. The highest BCUT2D eigenvalue weighted by Gasteiger charge is 2.06. The summed E-state index contributed by atoms with van der Waals surface area (Å²) in [5.41, 5.74) is 2.03. The number of nitrogens with zero attached hydrogens (tertiary/aromatic N) is 1. The summed E-state index contributed by atoms with van der Waals surface area (Å²) in [5.74, 6) is -0.000224. The summed E-state index contributed by atoms with van der Waals surface area (Å²) < 4.78 is 0. The van der Waals surface area contributed by atoms with E-state index in [-0.39, 0.29) is 11.9 Å². The van der Waals surface area contributed by atoms with Crippen LogP contribution in [0, 0.1) is 6.92 Å². The van der Waals surface area contributed by atoms with Crippen molar-refractivity contribution in [2.75, 3.05) is 0 Å². The van der Waals surface area contributed by atoms with E-state index in [0.29, 0.717) is 0 Å². The maximum atomic E-state index is 10.7. The normalized spacial score (nSPS) is 12.5. The fraction of sp³-hybridized carbons (Fsp3) is 0.556. The monoisotopic (exact) mass is 181 g/mol. The molecule has 4 heteroatoms. The van der Waals surface area contributed by atoms with Gasteiger partial charge in [-0.05, 0) is 19.9 Å².